The highest BCUT2D eigenvalue weighted by atomic mass is 79.9. The highest BCUT2D eigenvalue weighted by molar-refractivity contribution is 9.10. The first kappa shape index (κ1) is 13.5. The Morgan fingerprint density at radius 1 is 1.17 bits per heavy atom. The summed E-state index contributed by atoms with van der Waals surface area (Å²) >= 11 is 9.59. The SMILES string of the molecule is CNC(c1ccccc1Cl)c1ccc(F)cc1Br. The van der Waals surface area contributed by atoms with E-state index in [1.807, 2.05) is 31.3 Å². The number of halogens is 3. The molecule has 4 heteroatoms. The lowest BCUT2D eigenvalue weighted by atomic mass is 9.99. The van der Waals surface area contributed by atoms with Crippen LogP contribution < -0.4 is 5.32 Å². The highest BCUT2D eigenvalue weighted by Crippen LogP contribution is 2.32. The molecule has 2 rings (SSSR count). The van der Waals surface area contributed by atoms with Gasteiger partial charge in [-0.25, -0.2) is 4.39 Å². The van der Waals surface area contributed by atoms with Crippen LogP contribution in [-0.4, -0.2) is 7.05 Å². The molecule has 0 aliphatic heterocycles. The summed E-state index contributed by atoms with van der Waals surface area (Å²) in [5.41, 5.74) is 1.92. The fraction of sp³-hybridized carbons (Fsp3) is 0.143. The molecule has 1 atom stereocenters. The third-order valence-electron chi connectivity index (χ3n) is 2.78. The summed E-state index contributed by atoms with van der Waals surface area (Å²) in [6.07, 6.45) is 0. The largest absolute Gasteiger partial charge is 0.309 e. The molecule has 0 aliphatic rings. The average molecular weight is 329 g/mol. The quantitative estimate of drug-likeness (QED) is 0.871. The van der Waals surface area contributed by atoms with E-state index in [0.29, 0.717) is 5.02 Å². The van der Waals surface area contributed by atoms with Crippen molar-refractivity contribution in [3.05, 3.63) is 68.9 Å². The van der Waals surface area contributed by atoms with Crippen LogP contribution in [0.3, 0.4) is 0 Å². The van der Waals surface area contributed by atoms with Gasteiger partial charge < -0.3 is 5.32 Å². The summed E-state index contributed by atoms with van der Waals surface area (Å²) in [6.45, 7) is 0. The van der Waals surface area contributed by atoms with Crippen LogP contribution in [0, 0.1) is 5.82 Å². The van der Waals surface area contributed by atoms with Crippen LogP contribution in [0.15, 0.2) is 46.9 Å². The fourth-order valence-corrected chi connectivity index (χ4v) is 2.75. The smallest absolute Gasteiger partial charge is 0.124 e. The van der Waals surface area contributed by atoms with Crippen LogP contribution in [0.4, 0.5) is 4.39 Å². The van der Waals surface area contributed by atoms with Gasteiger partial charge >= 0.3 is 0 Å². The van der Waals surface area contributed by atoms with Gasteiger partial charge in [0.05, 0.1) is 6.04 Å². The van der Waals surface area contributed by atoms with Crippen LogP contribution >= 0.6 is 27.5 Å². The summed E-state index contributed by atoms with van der Waals surface area (Å²) in [7, 11) is 1.85. The second kappa shape index (κ2) is 5.83. The molecule has 18 heavy (non-hydrogen) atoms. The molecular weight excluding hydrogens is 317 g/mol. The van der Waals surface area contributed by atoms with Crippen LogP contribution in [0.25, 0.3) is 0 Å². The third kappa shape index (κ3) is 2.74. The fourth-order valence-electron chi connectivity index (χ4n) is 1.92. The molecule has 0 aromatic heterocycles. The van der Waals surface area contributed by atoms with Crippen LogP contribution in [0.2, 0.25) is 5.02 Å². The maximum atomic E-state index is 13.1. The Kier molecular flexibility index (Phi) is 4.38. The van der Waals surface area contributed by atoms with E-state index in [0.717, 1.165) is 15.6 Å². The van der Waals surface area contributed by atoms with Gasteiger partial charge in [0.1, 0.15) is 5.82 Å². The molecule has 2 aromatic rings. The van der Waals surface area contributed by atoms with Crippen molar-refractivity contribution in [3.8, 4) is 0 Å². The van der Waals surface area contributed by atoms with Crippen molar-refractivity contribution in [1.82, 2.24) is 5.32 Å². The number of hydrogen-bond donors (Lipinski definition) is 1. The monoisotopic (exact) mass is 327 g/mol. The first-order chi connectivity index (χ1) is 8.63. The Morgan fingerprint density at radius 2 is 1.89 bits per heavy atom. The zero-order valence-corrected chi connectivity index (χ0v) is 12.1. The molecular formula is C14H12BrClFN. The lowest BCUT2D eigenvalue weighted by Crippen LogP contribution is -2.18. The standard InChI is InChI=1S/C14H12BrClFN/c1-18-14(11-4-2-3-5-13(11)16)10-7-6-9(17)8-12(10)15/h2-8,14,18H,1H3. The predicted octanol–water partition coefficient (Wildman–Crippen LogP) is 4.55. The Bertz CT molecular complexity index is 559. The first-order valence-corrected chi connectivity index (χ1v) is 6.67. The molecule has 0 saturated carbocycles. The highest BCUT2D eigenvalue weighted by Gasteiger charge is 2.17. The maximum Gasteiger partial charge on any atom is 0.124 e. The number of benzene rings is 2. The molecule has 0 saturated heterocycles. The minimum Gasteiger partial charge on any atom is -0.309 e. The van der Waals surface area contributed by atoms with E-state index >= 15 is 0 Å². The molecule has 2 aromatic carbocycles. The number of rotatable bonds is 3. The van der Waals surface area contributed by atoms with E-state index in [4.69, 9.17) is 11.6 Å². The van der Waals surface area contributed by atoms with Gasteiger partial charge in [0.25, 0.3) is 0 Å². The number of nitrogens with one attached hydrogen (secondary N) is 1. The van der Waals surface area contributed by atoms with Crippen molar-refractivity contribution in [2.75, 3.05) is 7.05 Å². The van der Waals surface area contributed by atoms with Crippen molar-refractivity contribution in [2.24, 2.45) is 0 Å². The Hall–Kier alpha value is -0.900. The van der Waals surface area contributed by atoms with Gasteiger partial charge in [-0.15, -0.1) is 0 Å². The molecule has 1 nitrogen and oxygen atoms in total. The van der Waals surface area contributed by atoms with E-state index in [1.165, 1.54) is 12.1 Å². The Labute approximate surface area is 119 Å². The van der Waals surface area contributed by atoms with Crippen LogP contribution in [0.5, 0.6) is 0 Å². The predicted molar refractivity (Wildman–Crippen MR) is 76.5 cm³/mol. The van der Waals surface area contributed by atoms with Gasteiger partial charge in [0.2, 0.25) is 0 Å². The van der Waals surface area contributed by atoms with Crippen molar-refractivity contribution >= 4 is 27.5 Å². The minimum atomic E-state index is -0.264. The maximum absolute atomic E-state index is 13.1. The van der Waals surface area contributed by atoms with E-state index < -0.39 is 0 Å². The Morgan fingerprint density at radius 3 is 2.50 bits per heavy atom. The first-order valence-electron chi connectivity index (χ1n) is 5.50. The lowest BCUT2D eigenvalue weighted by Gasteiger charge is -2.19. The summed E-state index contributed by atoms with van der Waals surface area (Å²) in [5, 5.41) is 3.89. The van der Waals surface area contributed by atoms with Crippen LogP contribution in [0.1, 0.15) is 17.2 Å². The van der Waals surface area contributed by atoms with Crippen LogP contribution in [-0.2, 0) is 0 Å². The molecule has 0 spiro atoms. The molecule has 1 unspecified atom stereocenters. The van der Waals surface area contributed by atoms with Gasteiger partial charge in [0, 0.05) is 9.50 Å². The van der Waals surface area contributed by atoms with Crippen molar-refractivity contribution < 1.29 is 4.39 Å². The summed E-state index contributed by atoms with van der Waals surface area (Å²) in [5.74, 6) is -0.264. The van der Waals surface area contributed by atoms with Crippen molar-refractivity contribution in [1.29, 1.82) is 0 Å². The molecule has 1 N–H and O–H groups in total. The topological polar surface area (TPSA) is 12.0 Å². The molecule has 94 valence electrons. The summed E-state index contributed by atoms with van der Waals surface area (Å²) < 4.78 is 13.8. The zero-order chi connectivity index (χ0) is 13.1. The molecule has 0 radical (unpaired) electrons. The molecule has 0 aliphatic carbocycles. The summed E-state index contributed by atoms with van der Waals surface area (Å²) in [6, 6.07) is 12.2. The van der Waals surface area contributed by atoms with E-state index in [2.05, 4.69) is 21.2 Å². The van der Waals surface area contributed by atoms with Gasteiger partial charge in [-0.2, -0.15) is 0 Å². The Balaban J connectivity index is 2.49. The molecule has 0 bridgehead atoms. The summed E-state index contributed by atoms with van der Waals surface area (Å²) in [4.78, 5) is 0. The lowest BCUT2D eigenvalue weighted by molar-refractivity contribution is 0.621. The molecule has 0 amide bonds. The van der Waals surface area contributed by atoms with Crippen molar-refractivity contribution in [2.45, 2.75) is 6.04 Å². The molecule has 0 fully saturated rings. The third-order valence-corrected chi connectivity index (χ3v) is 3.81. The minimum absolute atomic E-state index is 0.0753. The van der Waals surface area contributed by atoms with Gasteiger partial charge in [-0.05, 0) is 36.4 Å². The van der Waals surface area contributed by atoms with E-state index in [-0.39, 0.29) is 11.9 Å². The molecule has 0 heterocycles. The number of hydrogen-bond acceptors (Lipinski definition) is 1. The second-order valence-corrected chi connectivity index (χ2v) is 5.17. The van der Waals surface area contributed by atoms with E-state index in [1.54, 1.807) is 6.07 Å². The van der Waals surface area contributed by atoms with E-state index in [9.17, 15) is 4.39 Å². The van der Waals surface area contributed by atoms with Gasteiger partial charge in [-0.3, -0.25) is 0 Å². The van der Waals surface area contributed by atoms with Gasteiger partial charge in [-0.1, -0.05) is 51.8 Å². The zero-order valence-electron chi connectivity index (χ0n) is 9.75. The average Bonchev–Trinajstić information content (AvgIpc) is 2.34. The van der Waals surface area contributed by atoms with Gasteiger partial charge in [0.15, 0.2) is 0 Å². The van der Waals surface area contributed by atoms with Crippen molar-refractivity contribution in [3.63, 3.8) is 0 Å². The normalized spacial score (nSPS) is 12.4. The second-order valence-electron chi connectivity index (χ2n) is 3.91.